The normalized spacial score (nSPS) is 10.9. The van der Waals surface area contributed by atoms with Crippen LogP contribution in [0.25, 0.3) is 5.65 Å². The summed E-state index contributed by atoms with van der Waals surface area (Å²) in [7, 11) is 0. The highest BCUT2D eigenvalue weighted by molar-refractivity contribution is 5.44. The molecule has 1 aromatic carbocycles. The second-order valence-corrected chi connectivity index (χ2v) is 4.78. The summed E-state index contributed by atoms with van der Waals surface area (Å²) in [6, 6.07) is 11.8. The SMILES string of the molecule is Cc1ccc2nc(NCc3cccc(CO)c3)nn2c1. The summed E-state index contributed by atoms with van der Waals surface area (Å²) in [5, 5.41) is 16.7. The maximum Gasteiger partial charge on any atom is 0.243 e. The van der Waals surface area contributed by atoms with Gasteiger partial charge in [0.15, 0.2) is 5.65 Å². The summed E-state index contributed by atoms with van der Waals surface area (Å²) in [6.07, 6.45) is 1.94. The Balaban J connectivity index is 1.76. The van der Waals surface area contributed by atoms with Crippen molar-refractivity contribution in [1.82, 2.24) is 14.6 Å². The van der Waals surface area contributed by atoms with Gasteiger partial charge in [0.25, 0.3) is 0 Å². The van der Waals surface area contributed by atoms with E-state index in [4.69, 9.17) is 5.11 Å². The Hall–Kier alpha value is -2.40. The smallest absolute Gasteiger partial charge is 0.243 e. The Morgan fingerprint density at radius 2 is 2.05 bits per heavy atom. The molecule has 0 unspecified atom stereocenters. The lowest BCUT2D eigenvalue weighted by Crippen LogP contribution is -2.01. The summed E-state index contributed by atoms with van der Waals surface area (Å²) in [5.41, 5.74) is 3.96. The van der Waals surface area contributed by atoms with Gasteiger partial charge in [-0.2, -0.15) is 4.98 Å². The first-order chi connectivity index (χ1) is 9.74. The van der Waals surface area contributed by atoms with Crippen molar-refractivity contribution in [2.75, 3.05) is 5.32 Å². The molecule has 0 saturated heterocycles. The summed E-state index contributed by atoms with van der Waals surface area (Å²) in [4.78, 5) is 4.40. The first-order valence-corrected chi connectivity index (χ1v) is 6.50. The van der Waals surface area contributed by atoms with Gasteiger partial charge in [0.05, 0.1) is 6.61 Å². The number of rotatable bonds is 4. The molecule has 0 aliphatic rings. The third kappa shape index (κ3) is 2.62. The maximum atomic E-state index is 9.12. The van der Waals surface area contributed by atoms with Crippen LogP contribution in [0.3, 0.4) is 0 Å². The maximum absolute atomic E-state index is 9.12. The van der Waals surface area contributed by atoms with Crippen LogP contribution in [0.4, 0.5) is 5.95 Å². The van der Waals surface area contributed by atoms with E-state index in [1.807, 2.05) is 49.5 Å². The van der Waals surface area contributed by atoms with Gasteiger partial charge in [-0.05, 0) is 29.7 Å². The van der Waals surface area contributed by atoms with Crippen LogP contribution in [0, 0.1) is 6.92 Å². The number of benzene rings is 1. The molecule has 0 radical (unpaired) electrons. The fourth-order valence-electron chi connectivity index (χ4n) is 2.08. The number of hydrogen-bond acceptors (Lipinski definition) is 4. The topological polar surface area (TPSA) is 62.5 Å². The van der Waals surface area contributed by atoms with Crippen molar-refractivity contribution in [2.24, 2.45) is 0 Å². The molecule has 0 aliphatic heterocycles. The van der Waals surface area contributed by atoms with E-state index in [2.05, 4.69) is 15.4 Å². The highest BCUT2D eigenvalue weighted by Crippen LogP contribution is 2.10. The number of anilines is 1. The summed E-state index contributed by atoms with van der Waals surface area (Å²) < 4.78 is 1.77. The molecule has 2 N–H and O–H groups in total. The number of aliphatic hydroxyl groups is 1. The van der Waals surface area contributed by atoms with Crippen molar-refractivity contribution >= 4 is 11.6 Å². The largest absolute Gasteiger partial charge is 0.392 e. The van der Waals surface area contributed by atoms with Crippen LogP contribution in [0.15, 0.2) is 42.6 Å². The Kier molecular flexibility index (Phi) is 3.35. The van der Waals surface area contributed by atoms with Crippen LogP contribution in [-0.4, -0.2) is 19.7 Å². The molecule has 0 saturated carbocycles. The van der Waals surface area contributed by atoms with Gasteiger partial charge in [-0.25, -0.2) is 4.52 Å². The molecule has 0 atom stereocenters. The number of aromatic nitrogens is 3. The van der Waals surface area contributed by atoms with E-state index in [9.17, 15) is 0 Å². The zero-order valence-electron chi connectivity index (χ0n) is 11.2. The van der Waals surface area contributed by atoms with Gasteiger partial charge in [0.1, 0.15) is 0 Å². The number of nitrogens with zero attached hydrogens (tertiary/aromatic N) is 3. The Morgan fingerprint density at radius 1 is 1.20 bits per heavy atom. The van der Waals surface area contributed by atoms with Crippen molar-refractivity contribution < 1.29 is 5.11 Å². The Bertz CT molecular complexity index is 736. The molecule has 2 heterocycles. The van der Waals surface area contributed by atoms with E-state index in [0.717, 1.165) is 22.3 Å². The monoisotopic (exact) mass is 268 g/mol. The molecule has 5 heteroatoms. The minimum absolute atomic E-state index is 0.0553. The standard InChI is InChI=1S/C15H16N4O/c1-11-5-6-14-17-15(18-19(14)9-11)16-8-12-3-2-4-13(7-12)10-20/h2-7,9,20H,8,10H2,1H3,(H,16,18). The molecule has 20 heavy (non-hydrogen) atoms. The molecule has 3 rings (SSSR count). The van der Waals surface area contributed by atoms with Gasteiger partial charge in [0.2, 0.25) is 5.95 Å². The number of aliphatic hydroxyl groups excluding tert-OH is 1. The Morgan fingerprint density at radius 3 is 2.90 bits per heavy atom. The first kappa shape index (κ1) is 12.6. The van der Waals surface area contributed by atoms with E-state index >= 15 is 0 Å². The van der Waals surface area contributed by atoms with Gasteiger partial charge in [-0.3, -0.25) is 0 Å². The van der Waals surface area contributed by atoms with Gasteiger partial charge in [0, 0.05) is 12.7 Å². The molecule has 5 nitrogen and oxygen atoms in total. The summed E-state index contributed by atoms with van der Waals surface area (Å²) in [6.45, 7) is 2.71. The number of hydrogen-bond donors (Lipinski definition) is 2. The lowest BCUT2D eigenvalue weighted by atomic mass is 10.1. The average Bonchev–Trinajstić information content (AvgIpc) is 2.87. The average molecular weight is 268 g/mol. The Labute approximate surface area is 116 Å². The van der Waals surface area contributed by atoms with Crippen LogP contribution >= 0.6 is 0 Å². The van der Waals surface area contributed by atoms with Crippen molar-refractivity contribution in [3.05, 3.63) is 59.3 Å². The number of aryl methyl sites for hydroxylation is 1. The van der Waals surface area contributed by atoms with Crippen LogP contribution in [0.1, 0.15) is 16.7 Å². The molecule has 0 fully saturated rings. The fourth-order valence-corrected chi connectivity index (χ4v) is 2.08. The third-order valence-electron chi connectivity index (χ3n) is 3.10. The molecule has 2 aromatic heterocycles. The van der Waals surface area contributed by atoms with E-state index in [1.165, 1.54) is 0 Å². The lowest BCUT2D eigenvalue weighted by molar-refractivity contribution is 0.281. The predicted octanol–water partition coefficient (Wildman–Crippen LogP) is 2.14. The van der Waals surface area contributed by atoms with Gasteiger partial charge >= 0.3 is 0 Å². The molecule has 0 spiro atoms. The second-order valence-electron chi connectivity index (χ2n) is 4.78. The second kappa shape index (κ2) is 5.30. The predicted molar refractivity (Wildman–Crippen MR) is 77.4 cm³/mol. The van der Waals surface area contributed by atoms with E-state index < -0.39 is 0 Å². The minimum atomic E-state index is 0.0553. The van der Waals surface area contributed by atoms with E-state index in [-0.39, 0.29) is 6.61 Å². The number of nitrogens with one attached hydrogen (secondary N) is 1. The molecule has 0 aliphatic carbocycles. The minimum Gasteiger partial charge on any atom is -0.392 e. The molecule has 0 amide bonds. The molecule has 3 aromatic rings. The van der Waals surface area contributed by atoms with Crippen molar-refractivity contribution in [3.63, 3.8) is 0 Å². The summed E-state index contributed by atoms with van der Waals surface area (Å²) >= 11 is 0. The highest BCUT2D eigenvalue weighted by atomic mass is 16.3. The summed E-state index contributed by atoms with van der Waals surface area (Å²) in [5.74, 6) is 0.602. The zero-order valence-corrected chi connectivity index (χ0v) is 11.2. The first-order valence-electron chi connectivity index (χ1n) is 6.50. The van der Waals surface area contributed by atoms with Crippen molar-refractivity contribution in [1.29, 1.82) is 0 Å². The van der Waals surface area contributed by atoms with Crippen LogP contribution < -0.4 is 5.32 Å². The van der Waals surface area contributed by atoms with Crippen molar-refractivity contribution in [3.8, 4) is 0 Å². The van der Waals surface area contributed by atoms with E-state index in [0.29, 0.717) is 12.5 Å². The number of fused-ring (bicyclic) bond motifs is 1. The highest BCUT2D eigenvalue weighted by Gasteiger charge is 2.03. The molecule has 0 bridgehead atoms. The van der Waals surface area contributed by atoms with Crippen LogP contribution in [0.5, 0.6) is 0 Å². The van der Waals surface area contributed by atoms with Crippen molar-refractivity contribution in [2.45, 2.75) is 20.1 Å². The zero-order chi connectivity index (χ0) is 13.9. The van der Waals surface area contributed by atoms with Crippen LogP contribution in [-0.2, 0) is 13.2 Å². The third-order valence-corrected chi connectivity index (χ3v) is 3.10. The van der Waals surface area contributed by atoms with Crippen LogP contribution in [0.2, 0.25) is 0 Å². The quantitative estimate of drug-likeness (QED) is 0.761. The molecule has 102 valence electrons. The fraction of sp³-hybridized carbons (Fsp3) is 0.200. The molecular formula is C15H16N4O. The number of pyridine rings is 1. The van der Waals surface area contributed by atoms with E-state index in [1.54, 1.807) is 4.52 Å². The molecular weight excluding hydrogens is 252 g/mol. The van der Waals surface area contributed by atoms with Gasteiger partial charge in [-0.15, -0.1) is 5.10 Å². The van der Waals surface area contributed by atoms with Gasteiger partial charge < -0.3 is 10.4 Å². The van der Waals surface area contributed by atoms with Gasteiger partial charge in [-0.1, -0.05) is 30.3 Å². The lowest BCUT2D eigenvalue weighted by Gasteiger charge is -2.03.